The van der Waals surface area contributed by atoms with E-state index in [0.717, 1.165) is 51.1 Å². The van der Waals surface area contributed by atoms with Crippen LogP contribution in [0.15, 0.2) is 24.3 Å². The fraction of sp³-hybridized carbons (Fsp3) is 0.556. The second-order valence-corrected chi connectivity index (χ2v) is 6.34. The highest BCUT2D eigenvalue weighted by atomic mass is 35.5. The summed E-state index contributed by atoms with van der Waals surface area (Å²) in [5.41, 5.74) is 1.53. The number of hydrogen-bond donors (Lipinski definition) is 1. The second-order valence-electron chi connectivity index (χ2n) is 6.34. The first-order valence-corrected chi connectivity index (χ1v) is 8.63. The van der Waals surface area contributed by atoms with E-state index >= 15 is 0 Å². The van der Waals surface area contributed by atoms with Crippen LogP contribution in [-0.2, 0) is 4.79 Å². The standard InChI is InChI=1S/C18H25N3O2.ClH/c1-2-10-21(16-8-9-19-13-16)18(23)14-5-3-6-15(12-14)20-11-4-7-17(20)22;/h3,5-6,12,16,19H,2,4,7-11,13H2,1H3;1H. The number of rotatable bonds is 5. The number of nitrogens with one attached hydrogen (secondary N) is 1. The SMILES string of the molecule is CCCN(C(=O)c1cccc(N2CCCC2=O)c1)C1CCNC1.Cl. The fourth-order valence-electron chi connectivity index (χ4n) is 3.49. The van der Waals surface area contributed by atoms with Crippen LogP contribution >= 0.6 is 12.4 Å². The van der Waals surface area contributed by atoms with Gasteiger partial charge < -0.3 is 15.1 Å². The van der Waals surface area contributed by atoms with Crippen LogP contribution in [0.4, 0.5) is 5.69 Å². The molecule has 5 nitrogen and oxygen atoms in total. The van der Waals surface area contributed by atoms with Gasteiger partial charge in [-0.1, -0.05) is 13.0 Å². The smallest absolute Gasteiger partial charge is 0.254 e. The average Bonchev–Trinajstić information content (AvgIpc) is 3.23. The van der Waals surface area contributed by atoms with Crippen molar-refractivity contribution in [3.8, 4) is 0 Å². The van der Waals surface area contributed by atoms with Gasteiger partial charge >= 0.3 is 0 Å². The summed E-state index contributed by atoms with van der Waals surface area (Å²) in [4.78, 5) is 28.7. The van der Waals surface area contributed by atoms with Crippen molar-refractivity contribution in [2.75, 3.05) is 31.1 Å². The molecule has 1 N–H and O–H groups in total. The summed E-state index contributed by atoms with van der Waals surface area (Å²) < 4.78 is 0. The van der Waals surface area contributed by atoms with Crippen LogP contribution in [-0.4, -0.2) is 48.9 Å². The number of hydrogen-bond acceptors (Lipinski definition) is 3. The molecule has 0 aliphatic carbocycles. The largest absolute Gasteiger partial charge is 0.334 e. The molecule has 2 aliphatic heterocycles. The van der Waals surface area contributed by atoms with Gasteiger partial charge in [0.25, 0.3) is 5.91 Å². The van der Waals surface area contributed by atoms with E-state index in [1.165, 1.54) is 0 Å². The van der Waals surface area contributed by atoms with Crippen molar-refractivity contribution in [1.29, 1.82) is 0 Å². The molecule has 132 valence electrons. The van der Waals surface area contributed by atoms with Crippen molar-refractivity contribution in [1.82, 2.24) is 10.2 Å². The minimum Gasteiger partial charge on any atom is -0.334 e. The Bertz CT molecular complexity index is 587. The zero-order valence-electron chi connectivity index (χ0n) is 14.2. The number of carbonyl (C=O) groups excluding carboxylic acids is 2. The third kappa shape index (κ3) is 3.90. The minimum absolute atomic E-state index is 0. The summed E-state index contributed by atoms with van der Waals surface area (Å²) >= 11 is 0. The second kappa shape index (κ2) is 8.49. The molecule has 2 amide bonds. The maximum absolute atomic E-state index is 13.0. The predicted molar refractivity (Wildman–Crippen MR) is 97.9 cm³/mol. The Balaban J connectivity index is 0.00000208. The Morgan fingerprint density at radius 2 is 2.25 bits per heavy atom. The summed E-state index contributed by atoms with van der Waals surface area (Å²) in [5.74, 6) is 0.231. The fourth-order valence-corrected chi connectivity index (χ4v) is 3.49. The van der Waals surface area contributed by atoms with Gasteiger partial charge in [0.05, 0.1) is 0 Å². The summed E-state index contributed by atoms with van der Waals surface area (Å²) in [6, 6.07) is 7.81. The van der Waals surface area contributed by atoms with Gasteiger partial charge in [0.1, 0.15) is 0 Å². The Kier molecular flexibility index (Phi) is 6.63. The monoisotopic (exact) mass is 351 g/mol. The van der Waals surface area contributed by atoms with Crippen LogP contribution in [0.5, 0.6) is 0 Å². The molecule has 1 aromatic carbocycles. The lowest BCUT2D eigenvalue weighted by atomic mass is 10.1. The van der Waals surface area contributed by atoms with E-state index in [1.807, 2.05) is 29.2 Å². The molecule has 24 heavy (non-hydrogen) atoms. The van der Waals surface area contributed by atoms with Crippen molar-refractivity contribution in [2.45, 2.75) is 38.6 Å². The van der Waals surface area contributed by atoms with Gasteiger partial charge in [-0.3, -0.25) is 9.59 Å². The predicted octanol–water partition coefficient (Wildman–Crippen LogP) is 2.45. The number of amides is 2. The van der Waals surface area contributed by atoms with Crippen LogP contribution in [0, 0.1) is 0 Å². The summed E-state index contributed by atoms with van der Waals surface area (Å²) in [6.07, 6.45) is 3.46. The number of nitrogens with zero attached hydrogens (tertiary/aromatic N) is 2. The highest BCUT2D eigenvalue weighted by Crippen LogP contribution is 2.23. The number of anilines is 1. The number of halogens is 1. The van der Waals surface area contributed by atoms with E-state index < -0.39 is 0 Å². The number of benzene rings is 1. The first kappa shape index (κ1) is 18.7. The summed E-state index contributed by atoms with van der Waals surface area (Å²) in [6.45, 7) is 5.47. The third-order valence-corrected chi connectivity index (χ3v) is 4.68. The van der Waals surface area contributed by atoms with Gasteiger partial charge in [-0.15, -0.1) is 12.4 Å². The van der Waals surface area contributed by atoms with Gasteiger partial charge in [-0.2, -0.15) is 0 Å². The van der Waals surface area contributed by atoms with E-state index in [2.05, 4.69) is 12.2 Å². The Morgan fingerprint density at radius 3 is 2.88 bits per heavy atom. The maximum Gasteiger partial charge on any atom is 0.254 e. The quantitative estimate of drug-likeness (QED) is 0.886. The molecule has 2 aliphatic rings. The Morgan fingerprint density at radius 1 is 1.42 bits per heavy atom. The van der Waals surface area contributed by atoms with Gasteiger partial charge in [-0.25, -0.2) is 0 Å². The zero-order chi connectivity index (χ0) is 16.2. The number of carbonyl (C=O) groups is 2. The lowest BCUT2D eigenvalue weighted by Crippen LogP contribution is -2.42. The average molecular weight is 352 g/mol. The maximum atomic E-state index is 13.0. The van der Waals surface area contributed by atoms with Gasteiger partial charge in [0.2, 0.25) is 5.91 Å². The normalized spacial score (nSPS) is 20.1. The van der Waals surface area contributed by atoms with E-state index in [4.69, 9.17) is 0 Å². The molecule has 1 unspecified atom stereocenters. The lowest BCUT2D eigenvalue weighted by molar-refractivity contribution is -0.117. The van der Waals surface area contributed by atoms with Gasteiger partial charge in [0, 0.05) is 43.3 Å². The molecule has 0 radical (unpaired) electrons. The molecular formula is C18H26ClN3O2. The molecule has 1 aromatic rings. The Hall–Kier alpha value is -1.59. The van der Waals surface area contributed by atoms with E-state index in [9.17, 15) is 9.59 Å². The molecule has 0 saturated carbocycles. The molecule has 0 spiro atoms. The molecule has 2 saturated heterocycles. The van der Waals surface area contributed by atoms with Crippen LogP contribution in [0.1, 0.15) is 43.0 Å². The summed E-state index contributed by atoms with van der Waals surface area (Å²) in [5, 5.41) is 3.33. The topological polar surface area (TPSA) is 52.7 Å². The van der Waals surface area contributed by atoms with Crippen LogP contribution in [0.2, 0.25) is 0 Å². The van der Waals surface area contributed by atoms with E-state index in [-0.39, 0.29) is 30.3 Å². The molecule has 2 fully saturated rings. The van der Waals surface area contributed by atoms with Gasteiger partial charge in [-0.05, 0) is 44.0 Å². The highest BCUT2D eigenvalue weighted by molar-refractivity contribution is 5.99. The van der Waals surface area contributed by atoms with E-state index in [1.54, 1.807) is 4.90 Å². The molecule has 1 atom stereocenters. The molecular weight excluding hydrogens is 326 g/mol. The van der Waals surface area contributed by atoms with Gasteiger partial charge in [0.15, 0.2) is 0 Å². The molecule has 0 aromatic heterocycles. The molecule has 0 bridgehead atoms. The zero-order valence-corrected chi connectivity index (χ0v) is 15.0. The van der Waals surface area contributed by atoms with E-state index in [0.29, 0.717) is 12.0 Å². The van der Waals surface area contributed by atoms with Crippen LogP contribution in [0.3, 0.4) is 0 Å². The third-order valence-electron chi connectivity index (χ3n) is 4.68. The minimum atomic E-state index is 0. The highest BCUT2D eigenvalue weighted by Gasteiger charge is 2.28. The van der Waals surface area contributed by atoms with Crippen molar-refractivity contribution in [3.05, 3.63) is 29.8 Å². The van der Waals surface area contributed by atoms with Crippen LogP contribution in [0.25, 0.3) is 0 Å². The first-order valence-electron chi connectivity index (χ1n) is 8.63. The molecule has 6 heteroatoms. The van der Waals surface area contributed by atoms with Crippen molar-refractivity contribution in [2.24, 2.45) is 0 Å². The Labute approximate surface area is 149 Å². The summed E-state index contributed by atoms with van der Waals surface area (Å²) in [7, 11) is 0. The first-order chi connectivity index (χ1) is 11.2. The lowest BCUT2D eigenvalue weighted by Gasteiger charge is -2.28. The van der Waals surface area contributed by atoms with Crippen molar-refractivity contribution in [3.63, 3.8) is 0 Å². The van der Waals surface area contributed by atoms with Crippen LogP contribution < -0.4 is 10.2 Å². The molecule has 2 heterocycles. The van der Waals surface area contributed by atoms with Crippen molar-refractivity contribution < 1.29 is 9.59 Å². The van der Waals surface area contributed by atoms with Crippen molar-refractivity contribution >= 4 is 29.9 Å². The molecule has 3 rings (SSSR count).